The van der Waals surface area contributed by atoms with Crippen LogP contribution in [0.15, 0.2) is 24.3 Å². The van der Waals surface area contributed by atoms with Crippen molar-refractivity contribution in [3.8, 4) is 6.07 Å². The molecule has 3 heteroatoms. The van der Waals surface area contributed by atoms with Gasteiger partial charge in [0.2, 0.25) is 0 Å². The Balaban J connectivity index is 1.87. The zero-order valence-corrected chi connectivity index (χ0v) is 13.8. The number of hydrogen-bond donors (Lipinski definition) is 1. The summed E-state index contributed by atoms with van der Waals surface area (Å²) in [5.41, 5.74) is 1.40. The van der Waals surface area contributed by atoms with Crippen LogP contribution in [0.5, 0.6) is 0 Å². The average Bonchev–Trinajstić information content (AvgIpc) is 2.48. The number of halogens is 1. The minimum atomic E-state index is 0.233. The van der Waals surface area contributed by atoms with Crippen LogP contribution in [-0.4, -0.2) is 6.04 Å². The van der Waals surface area contributed by atoms with Gasteiger partial charge in [-0.1, -0.05) is 43.6 Å². The Kier molecular flexibility index (Phi) is 5.67. The van der Waals surface area contributed by atoms with Crippen LogP contribution in [0.4, 0.5) is 0 Å². The van der Waals surface area contributed by atoms with E-state index in [2.05, 4.69) is 31.3 Å². The Bertz CT molecular complexity index is 496. The van der Waals surface area contributed by atoms with E-state index in [1.54, 1.807) is 0 Å². The Morgan fingerprint density at radius 3 is 2.57 bits per heavy atom. The summed E-state index contributed by atoms with van der Waals surface area (Å²) < 4.78 is 0. The summed E-state index contributed by atoms with van der Waals surface area (Å²) in [6.45, 7) is 5.35. The van der Waals surface area contributed by atoms with Gasteiger partial charge in [0.25, 0.3) is 0 Å². The van der Waals surface area contributed by atoms with Crippen molar-refractivity contribution in [2.75, 3.05) is 0 Å². The summed E-state index contributed by atoms with van der Waals surface area (Å²) >= 11 is 6.19. The summed E-state index contributed by atoms with van der Waals surface area (Å²) in [6.07, 6.45) is 5.31. The van der Waals surface area contributed by atoms with Crippen LogP contribution in [-0.2, 0) is 6.54 Å². The molecule has 0 bridgehead atoms. The second kappa shape index (κ2) is 7.29. The summed E-state index contributed by atoms with van der Waals surface area (Å²) in [5.74, 6) is 0.585. The van der Waals surface area contributed by atoms with Crippen LogP contribution < -0.4 is 5.32 Å². The molecule has 114 valence electrons. The predicted octanol–water partition coefficient (Wildman–Crippen LogP) is 4.93. The molecular weight excluding hydrogens is 280 g/mol. The zero-order chi connectivity index (χ0) is 15.3. The third-order valence-electron chi connectivity index (χ3n) is 5.18. The molecule has 2 nitrogen and oxygen atoms in total. The molecule has 1 fully saturated rings. The van der Waals surface area contributed by atoms with Crippen LogP contribution in [0.3, 0.4) is 0 Å². The number of nitrogens with zero attached hydrogens (tertiary/aromatic N) is 1. The Morgan fingerprint density at radius 2 is 2.00 bits per heavy atom. The van der Waals surface area contributed by atoms with Crippen LogP contribution in [0.25, 0.3) is 0 Å². The maximum Gasteiger partial charge on any atom is 0.0627 e. The summed E-state index contributed by atoms with van der Waals surface area (Å²) in [5, 5.41) is 13.6. The van der Waals surface area contributed by atoms with Crippen LogP contribution in [0, 0.1) is 22.7 Å². The quantitative estimate of drug-likeness (QED) is 0.837. The zero-order valence-electron chi connectivity index (χ0n) is 13.0. The normalized spacial score (nSPS) is 25.8. The molecule has 2 rings (SSSR count). The first-order valence-electron chi connectivity index (χ1n) is 7.91. The molecule has 1 aromatic carbocycles. The van der Waals surface area contributed by atoms with Gasteiger partial charge in [-0.25, -0.2) is 0 Å². The highest BCUT2D eigenvalue weighted by molar-refractivity contribution is 6.31. The number of nitrogens with one attached hydrogen (secondary N) is 1. The molecule has 0 aliphatic heterocycles. The van der Waals surface area contributed by atoms with Gasteiger partial charge < -0.3 is 5.32 Å². The fourth-order valence-corrected chi connectivity index (χ4v) is 3.61. The van der Waals surface area contributed by atoms with Gasteiger partial charge in [0.1, 0.15) is 0 Å². The van der Waals surface area contributed by atoms with E-state index in [9.17, 15) is 0 Å². The number of hydrogen-bond acceptors (Lipinski definition) is 2. The van der Waals surface area contributed by atoms with Crippen LogP contribution in [0.1, 0.15) is 51.5 Å². The third-order valence-corrected chi connectivity index (χ3v) is 5.54. The monoisotopic (exact) mass is 304 g/mol. The minimum Gasteiger partial charge on any atom is -0.310 e. The SMILES string of the molecule is CC(C)C1(CC#N)CCC(NCc2ccccc2Cl)CC1. The molecule has 0 amide bonds. The fraction of sp³-hybridized carbons (Fsp3) is 0.611. The van der Waals surface area contributed by atoms with Crippen molar-refractivity contribution in [1.29, 1.82) is 5.26 Å². The van der Waals surface area contributed by atoms with E-state index in [0.717, 1.165) is 42.8 Å². The van der Waals surface area contributed by atoms with Gasteiger partial charge >= 0.3 is 0 Å². The minimum absolute atomic E-state index is 0.233. The molecule has 0 unspecified atom stereocenters. The van der Waals surface area contributed by atoms with Gasteiger partial charge in [-0.15, -0.1) is 0 Å². The van der Waals surface area contributed by atoms with Gasteiger partial charge in [-0.2, -0.15) is 5.26 Å². The fourth-order valence-electron chi connectivity index (χ4n) is 3.41. The third kappa shape index (κ3) is 3.99. The molecule has 0 radical (unpaired) electrons. The van der Waals surface area contributed by atoms with Gasteiger partial charge in [-0.05, 0) is 48.6 Å². The van der Waals surface area contributed by atoms with Crippen LogP contribution in [0.2, 0.25) is 5.02 Å². The topological polar surface area (TPSA) is 35.8 Å². The Labute approximate surface area is 133 Å². The second-order valence-electron chi connectivity index (χ2n) is 6.60. The predicted molar refractivity (Wildman–Crippen MR) is 88.0 cm³/mol. The molecule has 1 saturated carbocycles. The van der Waals surface area contributed by atoms with E-state index in [4.69, 9.17) is 16.9 Å². The van der Waals surface area contributed by atoms with Gasteiger partial charge in [-0.3, -0.25) is 0 Å². The lowest BCUT2D eigenvalue weighted by atomic mass is 9.64. The Morgan fingerprint density at radius 1 is 1.33 bits per heavy atom. The lowest BCUT2D eigenvalue weighted by Gasteiger charge is -2.42. The molecule has 1 aliphatic rings. The van der Waals surface area contributed by atoms with E-state index in [1.165, 1.54) is 0 Å². The highest BCUT2D eigenvalue weighted by Gasteiger charge is 2.37. The number of benzene rings is 1. The van der Waals surface area contributed by atoms with Crippen molar-refractivity contribution in [1.82, 2.24) is 5.32 Å². The van der Waals surface area contributed by atoms with Crippen molar-refractivity contribution in [2.24, 2.45) is 11.3 Å². The highest BCUT2D eigenvalue weighted by atomic mass is 35.5. The largest absolute Gasteiger partial charge is 0.310 e. The molecule has 0 saturated heterocycles. The molecule has 0 heterocycles. The summed E-state index contributed by atoms with van der Waals surface area (Å²) in [6, 6.07) is 11.0. The standard InChI is InChI=1S/C18H25ClN2/c1-14(2)18(11-12-20)9-7-16(8-10-18)21-13-15-5-3-4-6-17(15)19/h3-6,14,16,21H,7-11,13H2,1-2H3. The van der Waals surface area contributed by atoms with Crippen molar-refractivity contribution < 1.29 is 0 Å². The first kappa shape index (κ1) is 16.3. The van der Waals surface area contributed by atoms with Crippen LogP contribution >= 0.6 is 11.6 Å². The first-order valence-corrected chi connectivity index (χ1v) is 8.29. The van der Waals surface area contributed by atoms with Gasteiger partial charge in [0, 0.05) is 24.0 Å². The molecule has 0 spiro atoms. The number of nitriles is 1. The van der Waals surface area contributed by atoms with E-state index < -0.39 is 0 Å². The smallest absolute Gasteiger partial charge is 0.0627 e. The molecule has 1 aliphatic carbocycles. The summed E-state index contributed by atoms with van der Waals surface area (Å²) in [7, 11) is 0. The second-order valence-corrected chi connectivity index (χ2v) is 7.01. The van der Waals surface area contributed by atoms with E-state index in [0.29, 0.717) is 18.4 Å². The first-order chi connectivity index (χ1) is 10.1. The van der Waals surface area contributed by atoms with Crippen molar-refractivity contribution in [3.05, 3.63) is 34.9 Å². The van der Waals surface area contributed by atoms with E-state index >= 15 is 0 Å². The average molecular weight is 305 g/mol. The maximum atomic E-state index is 9.10. The molecule has 0 aromatic heterocycles. The molecular formula is C18H25ClN2. The Hall–Kier alpha value is -1.04. The molecule has 21 heavy (non-hydrogen) atoms. The van der Waals surface area contributed by atoms with E-state index in [-0.39, 0.29) is 5.41 Å². The maximum absolute atomic E-state index is 9.10. The lowest BCUT2D eigenvalue weighted by Crippen LogP contribution is -2.39. The number of rotatable bonds is 5. The van der Waals surface area contributed by atoms with Crippen molar-refractivity contribution in [3.63, 3.8) is 0 Å². The van der Waals surface area contributed by atoms with E-state index in [1.807, 2.05) is 18.2 Å². The molecule has 1 aromatic rings. The van der Waals surface area contributed by atoms with Crippen molar-refractivity contribution >= 4 is 11.6 Å². The van der Waals surface area contributed by atoms with Gasteiger partial charge in [0.15, 0.2) is 0 Å². The molecule has 0 atom stereocenters. The lowest BCUT2D eigenvalue weighted by molar-refractivity contribution is 0.105. The molecule has 1 N–H and O–H groups in total. The highest BCUT2D eigenvalue weighted by Crippen LogP contribution is 2.45. The van der Waals surface area contributed by atoms with Gasteiger partial charge in [0.05, 0.1) is 6.07 Å². The summed E-state index contributed by atoms with van der Waals surface area (Å²) in [4.78, 5) is 0. The van der Waals surface area contributed by atoms with Crippen molar-refractivity contribution in [2.45, 2.75) is 58.5 Å².